The van der Waals surface area contributed by atoms with Crippen molar-refractivity contribution in [2.24, 2.45) is 16.8 Å². The van der Waals surface area contributed by atoms with Crippen LogP contribution in [0.25, 0.3) is 27.6 Å². The van der Waals surface area contributed by atoms with Gasteiger partial charge in [0.25, 0.3) is 0 Å². The first-order valence-electron chi connectivity index (χ1n) is 17.5. The largest absolute Gasteiger partial charge is 0.385 e. The third kappa shape index (κ3) is 6.95. The summed E-state index contributed by atoms with van der Waals surface area (Å²) in [5, 5.41) is 11.3. The number of ether oxygens (including phenoxy) is 1. The van der Waals surface area contributed by atoms with E-state index in [4.69, 9.17) is 9.73 Å². The van der Waals surface area contributed by atoms with Gasteiger partial charge in [0.15, 0.2) is 5.82 Å². The molecule has 48 heavy (non-hydrogen) atoms. The maximum absolute atomic E-state index is 13.4. The number of carbonyl (C=O) groups excluding carboxylic acids is 3. The fourth-order valence-corrected chi connectivity index (χ4v) is 7.41. The molecule has 0 saturated carbocycles. The van der Waals surface area contributed by atoms with E-state index in [9.17, 15) is 14.4 Å². The van der Waals surface area contributed by atoms with Crippen LogP contribution in [0, 0.1) is 11.8 Å². The fraction of sp³-hybridized carbons (Fsp3) is 0.500. The second-order valence-electron chi connectivity index (χ2n) is 13.6. The lowest BCUT2D eigenvalue weighted by molar-refractivity contribution is -0.140. The van der Waals surface area contributed by atoms with Gasteiger partial charge < -0.3 is 19.9 Å². The first kappa shape index (κ1) is 33.6. The van der Waals surface area contributed by atoms with E-state index in [1.165, 1.54) is 5.57 Å². The topological polar surface area (TPSA) is 120 Å². The van der Waals surface area contributed by atoms with Crippen LogP contribution in [-0.2, 0) is 19.1 Å². The standard InChI is InChI=1S/C38H48N6O4/c1-5-8-24(2)37(46)43-18-6-9-33(43)32-22-29(23-39-32)27-13-11-26(12-14-27)28-15-16-31-30(21-28)35(42-41-31)40-36(45)34-10-7-19-44(34)38(47)25(3)17-20-48-4/h11-16,21,23-25,33-34H,5-10,17-20,22H2,1-4H3,(H2,40,41,42,45)/t24-,25-,33-,34-/m0/s1. The average Bonchev–Trinajstić information content (AvgIpc) is 3.93. The highest BCUT2D eigenvalue weighted by Crippen LogP contribution is 2.33. The number of anilines is 1. The summed E-state index contributed by atoms with van der Waals surface area (Å²) in [6, 6.07) is 14.1. The molecule has 1 aromatic heterocycles. The minimum Gasteiger partial charge on any atom is -0.385 e. The van der Waals surface area contributed by atoms with Crippen LogP contribution in [0.15, 0.2) is 53.7 Å². The minimum atomic E-state index is -0.513. The molecular formula is C38H48N6O4. The monoisotopic (exact) mass is 652 g/mol. The molecule has 3 aliphatic heterocycles. The van der Waals surface area contributed by atoms with Crippen LogP contribution in [0.3, 0.4) is 0 Å². The Bertz CT molecular complexity index is 1710. The number of benzene rings is 2. The van der Waals surface area contributed by atoms with E-state index in [2.05, 4.69) is 51.6 Å². The van der Waals surface area contributed by atoms with Crippen LogP contribution in [0.5, 0.6) is 0 Å². The zero-order valence-corrected chi connectivity index (χ0v) is 28.6. The molecule has 4 heterocycles. The molecule has 6 rings (SSSR count). The molecule has 3 aromatic rings. The number of likely N-dealkylation sites (tertiary alicyclic amines) is 2. The Morgan fingerprint density at radius 2 is 1.62 bits per heavy atom. The van der Waals surface area contributed by atoms with Crippen molar-refractivity contribution in [3.8, 4) is 11.1 Å². The summed E-state index contributed by atoms with van der Waals surface area (Å²) >= 11 is 0. The number of aromatic nitrogens is 2. The molecule has 10 nitrogen and oxygen atoms in total. The minimum absolute atomic E-state index is 0.00822. The normalized spacial score (nSPS) is 20.6. The SMILES string of the molecule is CCC[C@H](C)C(=O)N1CCC[C@H]1C1=NC=C(c2ccc(-c3ccc4[nH]nc(NC(=O)[C@@H]5CCCN5C(=O)[C@@H](C)CCOC)c4c3)cc2)C1. The Labute approximate surface area is 283 Å². The third-order valence-corrected chi connectivity index (χ3v) is 10.2. The molecule has 0 unspecified atom stereocenters. The Morgan fingerprint density at radius 3 is 2.40 bits per heavy atom. The zero-order valence-electron chi connectivity index (χ0n) is 28.6. The van der Waals surface area contributed by atoms with Gasteiger partial charge in [-0.25, -0.2) is 0 Å². The molecule has 2 fully saturated rings. The number of aromatic amines is 1. The lowest BCUT2D eigenvalue weighted by Gasteiger charge is -2.28. The maximum atomic E-state index is 13.4. The fourth-order valence-electron chi connectivity index (χ4n) is 7.41. The van der Waals surface area contributed by atoms with Crippen molar-refractivity contribution in [2.45, 2.75) is 84.2 Å². The second kappa shape index (κ2) is 14.8. The number of rotatable bonds is 12. The van der Waals surface area contributed by atoms with Crippen molar-refractivity contribution in [3.05, 3.63) is 54.2 Å². The number of fused-ring (bicyclic) bond motifs is 1. The van der Waals surface area contributed by atoms with Crippen LogP contribution >= 0.6 is 0 Å². The van der Waals surface area contributed by atoms with Crippen LogP contribution in [0.1, 0.15) is 77.7 Å². The molecular weight excluding hydrogens is 604 g/mol. The Kier molecular flexibility index (Phi) is 10.4. The summed E-state index contributed by atoms with van der Waals surface area (Å²) in [5.41, 5.74) is 6.26. The average molecular weight is 653 g/mol. The van der Waals surface area contributed by atoms with Gasteiger partial charge in [-0.1, -0.05) is 57.5 Å². The van der Waals surface area contributed by atoms with Crippen LogP contribution < -0.4 is 5.32 Å². The number of amides is 3. The molecule has 254 valence electrons. The number of hydrogen-bond donors (Lipinski definition) is 2. The van der Waals surface area contributed by atoms with Gasteiger partial charge in [0.2, 0.25) is 17.7 Å². The zero-order chi connectivity index (χ0) is 33.8. The number of nitrogens with zero attached hydrogens (tertiary/aromatic N) is 4. The van der Waals surface area contributed by atoms with Gasteiger partial charge in [-0.15, -0.1) is 0 Å². The molecule has 4 atom stereocenters. The van der Waals surface area contributed by atoms with Crippen molar-refractivity contribution in [3.63, 3.8) is 0 Å². The molecule has 0 spiro atoms. The Balaban J connectivity index is 1.11. The second-order valence-corrected chi connectivity index (χ2v) is 13.6. The highest BCUT2D eigenvalue weighted by molar-refractivity contribution is 6.05. The first-order valence-corrected chi connectivity index (χ1v) is 17.5. The molecule has 3 aliphatic rings. The lowest BCUT2D eigenvalue weighted by Crippen LogP contribution is -2.45. The summed E-state index contributed by atoms with van der Waals surface area (Å²) in [6.45, 7) is 7.98. The summed E-state index contributed by atoms with van der Waals surface area (Å²) in [7, 11) is 1.63. The number of allylic oxidation sites excluding steroid dienone is 1. The molecule has 10 heteroatoms. The first-order chi connectivity index (χ1) is 23.3. The number of nitrogens with one attached hydrogen (secondary N) is 2. The summed E-state index contributed by atoms with van der Waals surface area (Å²) in [5.74, 6) is 0.354. The van der Waals surface area contributed by atoms with Gasteiger partial charge in [-0.05, 0) is 72.9 Å². The number of aliphatic imine (C=N–C) groups is 1. The smallest absolute Gasteiger partial charge is 0.248 e. The molecule has 0 radical (unpaired) electrons. The number of carbonyl (C=O) groups is 3. The molecule has 2 N–H and O–H groups in total. The molecule has 0 aliphatic carbocycles. The summed E-state index contributed by atoms with van der Waals surface area (Å²) in [6.07, 6.45) is 8.72. The van der Waals surface area contributed by atoms with Gasteiger partial charge in [0.05, 0.1) is 11.6 Å². The number of H-pyrrole nitrogens is 1. The van der Waals surface area contributed by atoms with E-state index in [0.29, 0.717) is 31.8 Å². The third-order valence-electron chi connectivity index (χ3n) is 10.2. The van der Waals surface area contributed by atoms with E-state index < -0.39 is 6.04 Å². The highest BCUT2D eigenvalue weighted by atomic mass is 16.5. The van der Waals surface area contributed by atoms with E-state index in [1.807, 2.05) is 38.2 Å². The lowest BCUT2D eigenvalue weighted by atomic mass is 9.96. The molecule has 2 aromatic carbocycles. The van der Waals surface area contributed by atoms with E-state index in [1.54, 1.807) is 12.0 Å². The highest BCUT2D eigenvalue weighted by Gasteiger charge is 2.37. The van der Waals surface area contributed by atoms with E-state index >= 15 is 0 Å². The van der Waals surface area contributed by atoms with Crippen molar-refractivity contribution in [2.75, 3.05) is 32.1 Å². The van der Waals surface area contributed by atoms with Crippen LogP contribution in [0.4, 0.5) is 5.82 Å². The number of hydrogen-bond acceptors (Lipinski definition) is 6. The Morgan fingerprint density at radius 1 is 0.938 bits per heavy atom. The van der Waals surface area contributed by atoms with Crippen molar-refractivity contribution in [1.29, 1.82) is 0 Å². The van der Waals surface area contributed by atoms with Crippen LogP contribution in [0.2, 0.25) is 0 Å². The Hall–Kier alpha value is -4.31. The van der Waals surface area contributed by atoms with Crippen molar-refractivity contribution < 1.29 is 19.1 Å². The van der Waals surface area contributed by atoms with E-state index in [-0.39, 0.29) is 35.6 Å². The summed E-state index contributed by atoms with van der Waals surface area (Å²) < 4.78 is 5.14. The van der Waals surface area contributed by atoms with Gasteiger partial charge in [0, 0.05) is 62.4 Å². The summed E-state index contributed by atoms with van der Waals surface area (Å²) in [4.78, 5) is 48.2. The predicted molar refractivity (Wildman–Crippen MR) is 189 cm³/mol. The maximum Gasteiger partial charge on any atom is 0.248 e. The van der Waals surface area contributed by atoms with Gasteiger partial charge >= 0.3 is 0 Å². The van der Waals surface area contributed by atoms with Gasteiger partial charge in [-0.2, -0.15) is 5.10 Å². The molecule has 0 bridgehead atoms. The molecule has 3 amide bonds. The predicted octanol–water partition coefficient (Wildman–Crippen LogP) is 6.44. The van der Waals surface area contributed by atoms with E-state index in [0.717, 1.165) is 78.4 Å². The van der Waals surface area contributed by atoms with Gasteiger partial charge in [-0.3, -0.25) is 24.5 Å². The quantitative estimate of drug-likeness (QED) is 0.233. The van der Waals surface area contributed by atoms with Crippen molar-refractivity contribution >= 4 is 45.7 Å². The van der Waals surface area contributed by atoms with Crippen molar-refractivity contribution in [1.82, 2.24) is 20.0 Å². The van der Waals surface area contributed by atoms with Gasteiger partial charge in [0.1, 0.15) is 6.04 Å². The van der Waals surface area contributed by atoms with Crippen LogP contribution in [-0.4, -0.2) is 82.3 Å². The number of methoxy groups -OCH3 is 1. The molecule has 2 saturated heterocycles.